The normalized spacial score (nSPS) is 17.1. The summed E-state index contributed by atoms with van der Waals surface area (Å²) in [5.41, 5.74) is 1.34. The van der Waals surface area contributed by atoms with Crippen molar-refractivity contribution in [3.63, 3.8) is 0 Å². The van der Waals surface area contributed by atoms with Crippen LogP contribution in [0.1, 0.15) is 50.5 Å². The highest BCUT2D eigenvalue weighted by Gasteiger charge is 2.15. The Balaban J connectivity index is 1.59. The van der Waals surface area contributed by atoms with Gasteiger partial charge in [0.1, 0.15) is 0 Å². The van der Waals surface area contributed by atoms with Crippen molar-refractivity contribution < 1.29 is 4.79 Å². The van der Waals surface area contributed by atoms with Crippen LogP contribution in [0.4, 0.5) is 0 Å². The summed E-state index contributed by atoms with van der Waals surface area (Å²) in [4.78, 5) is 11.7. The molecule has 1 aromatic carbocycles. The fourth-order valence-corrected chi connectivity index (χ4v) is 2.81. The van der Waals surface area contributed by atoms with E-state index in [0.717, 1.165) is 13.0 Å². The highest BCUT2D eigenvalue weighted by atomic mass is 16.1. The van der Waals surface area contributed by atoms with E-state index in [9.17, 15) is 4.79 Å². The molecule has 1 amide bonds. The van der Waals surface area contributed by atoms with Crippen molar-refractivity contribution in [1.82, 2.24) is 10.6 Å². The summed E-state index contributed by atoms with van der Waals surface area (Å²) >= 11 is 0. The van der Waals surface area contributed by atoms with E-state index in [1.165, 1.54) is 31.2 Å². The summed E-state index contributed by atoms with van der Waals surface area (Å²) in [6, 6.07) is 11.0. The maximum atomic E-state index is 11.7. The Morgan fingerprint density at radius 2 is 1.95 bits per heavy atom. The zero-order chi connectivity index (χ0) is 14.2. The molecule has 3 heteroatoms. The number of carbonyl (C=O) groups excluding carboxylic acids is 1. The largest absolute Gasteiger partial charge is 0.355 e. The Bertz CT molecular complexity index is 399. The number of rotatable bonds is 7. The van der Waals surface area contributed by atoms with E-state index in [2.05, 4.69) is 41.8 Å². The van der Waals surface area contributed by atoms with E-state index in [1.807, 2.05) is 6.07 Å². The van der Waals surface area contributed by atoms with E-state index in [0.29, 0.717) is 18.5 Å². The van der Waals surface area contributed by atoms with E-state index in [-0.39, 0.29) is 5.91 Å². The minimum absolute atomic E-state index is 0.122. The van der Waals surface area contributed by atoms with Crippen LogP contribution in [-0.2, 0) is 4.79 Å². The zero-order valence-electron chi connectivity index (χ0n) is 12.4. The second-order valence-corrected chi connectivity index (χ2v) is 5.81. The average molecular weight is 274 g/mol. The van der Waals surface area contributed by atoms with Crippen molar-refractivity contribution in [2.24, 2.45) is 0 Å². The van der Waals surface area contributed by atoms with Crippen molar-refractivity contribution >= 4 is 5.91 Å². The second-order valence-electron chi connectivity index (χ2n) is 5.81. The molecule has 0 aliphatic heterocycles. The predicted octanol–water partition coefficient (Wildman–Crippen LogP) is 2.83. The Labute approximate surface area is 122 Å². The molecule has 0 spiro atoms. The third-order valence-corrected chi connectivity index (χ3v) is 4.17. The van der Waals surface area contributed by atoms with Gasteiger partial charge in [-0.15, -0.1) is 0 Å². The van der Waals surface area contributed by atoms with Crippen molar-refractivity contribution in [1.29, 1.82) is 0 Å². The van der Waals surface area contributed by atoms with Crippen LogP contribution in [0.3, 0.4) is 0 Å². The molecule has 1 aromatic rings. The summed E-state index contributed by atoms with van der Waals surface area (Å²) in [5, 5.41) is 6.34. The van der Waals surface area contributed by atoms with Crippen LogP contribution in [0.25, 0.3) is 0 Å². The van der Waals surface area contributed by atoms with Crippen LogP contribution in [0.5, 0.6) is 0 Å². The lowest BCUT2D eigenvalue weighted by molar-refractivity contribution is -0.120. The van der Waals surface area contributed by atoms with Crippen molar-refractivity contribution in [2.75, 3.05) is 13.1 Å². The Hall–Kier alpha value is -1.35. The molecular formula is C17H26N2O. The Kier molecular flexibility index (Phi) is 6.06. The summed E-state index contributed by atoms with van der Waals surface area (Å²) in [5.74, 6) is 0.608. The first-order valence-corrected chi connectivity index (χ1v) is 7.80. The van der Waals surface area contributed by atoms with Gasteiger partial charge < -0.3 is 10.6 Å². The molecule has 1 atom stereocenters. The summed E-state index contributed by atoms with van der Waals surface area (Å²) in [6.07, 6.45) is 6.03. The minimum Gasteiger partial charge on any atom is -0.355 e. The lowest BCUT2D eigenvalue weighted by Gasteiger charge is -2.14. The summed E-state index contributed by atoms with van der Waals surface area (Å²) in [6.45, 7) is 3.42. The van der Waals surface area contributed by atoms with Crippen molar-refractivity contribution in [3.8, 4) is 0 Å². The second kappa shape index (κ2) is 8.05. The number of hydrogen-bond acceptors (Lipinski definition) is 2. The third kappa shape index (κ3) is 4.97. The molecule has 0 bridgehead atoms. The van der Waals surface area contributed by atoms with Gasteiger partial charge in [0.25, 0.3) is 0 Å². The fraction of sp³-hybridized carbons (Fsp3) is 0.588. The molecule has 2 rings (SSSR count). The number of benzene rings is 1. The SMILES string of the molecule is CC(CCNC(=O)CNC1CCCC1)c1ccccc1. The van der Waals surface area contributed by atoms with Crippen LogP contribution < -0.4 is 10.6 Å². The maximum Gasteiger partial charge on any atom is 0.233 e. The first-order valence-electron chi connectivity index (χ1n) is 7.80. The average Bonchev–Trinajstić information content (AvgIpc) is 2.99. The Morgan fingerprint density at radius 1 is 1.25 bits per heavy atom. The Morgan fingerprint density at radius 3 is 2.65 bits per heavy atom. The van der Waals surface area contributed by atoms with Crippen LogP contribution in [0.15, 0.2) is 30.3 Å². The van der Waals surface area contributed by atoms with Gasteiger partial charge in [0.05, 0.1) is 6.54 Å². The molecule has 1 unspecified atom stereocenters. The molecule has 3 nitrogen and oxygen atoms in total. The smallest absolute Gasteiger partial charge is 0.233 e. The van der Waals surface area contributed by atoms with Gasteiger partial charge in [-0.2, -0.15) is 0 Å². The number of carbonyl (C=O) groups is 1. The summed E-state index contributed by atoms with van der Waals surface area (Å²) < 4.78 is 0. The standard InChI is InChI=1S/C17H26N2O/c1-14(15-7-3-2-4-8-15)11-12-18-17(20)13-19-16-9-5-6-10-16/h2-4,7-8,14,16,19H,5-6,9-13H2,1H3,(H,18,20). The molecule has 0 saturated heterocycles. The highest BCUT2D eigenvalue weighted by Crippen LogP contribution is 2.18. The molecule has 1 aliphatic rings. The first kappa shape index (κ1) is 15.0. The van der Waals surface area contributed by atoms with Crippen molar-refractivity contribution in [2.45, 2.75) is 51.0 Å². The minimum atomic E-state index is 0.122. The van der Waals surface area contributed by atoms with Gasteiger partial charge >= 0.3 is 0 Å². The number of nitrogens with one attached hydrogen (secondary N) is 2. The molecule has 20 heavy (non-hydrogen) atoms. The predicted molar refractivity (Wildman–Crippen MR) is 82.7 cm³/mol. The van der Waals surface area contributed by atoms with Crippen LogP contribution in [0.2, 0.25) is 0 Å². The van der Waals surface area contributed by atoms with E-state index in [4.69, 9.17) is 0 Å². The third-order valence-electron chi connectivity index (χ3n) is 4.17. The zero-order valence-corrected chi connectivity index (χ0v) is 12.4. The van der Waals surface area contributed by atoms with Crippen LogP contribution in [0, 0.1) is 0 Å². The number of hydrogen-bond donors (Lipinski definition) is 2. The molecule has 1 aliphatic carbocycles. The quantitative estimate of drug-likeness (QED) is 0.803. The summed E-state index contributed by atoms with van der Waals surface area (Å²) in [7, 11) is 0. The van der Waals surface area contributed by atoms with E-state index in [1.54, 1.807) is 0 Å². The van der Waals surface area contributed by atoms with Crippen molar-refractivity contribution in [3.05, 3.63) is 35.9 Å². The van der Waals surface area contributed by atoms with Crippen LogP contribution >= 0.6 is 0 Å². The van der Waals surface area contributed by atoms with E-state index >= 15 is 0 Å². The lowest BCUT2D eigenvalue weighted by atomic mass is 9.98. The molecule has 2 N–H and O–H groups in total. The maximum absolute atomic E-state index is 11.7. The molecule has 0 radical (unpaired) electrons. The molecule has 1 fully saturated rings. The van der Waals surface area contributed by atoms with Gasteiger partial charge in [0, 0.05) is 12.6 Å². The van der Waals surface area contributed by atoms with Gasteiger partial charge in [-0.1, -0.05) is 50.1 Å². The van der Waals surface area contributed by atoms with Gasteiger partial charge in [-0.25, -0.2) is 0 Å². The fourth-order valence-electron chi connectivity index (χ4n) is 2.81. The van der Waals surface area contributed by atoms with Gasteiger partial charge in [0.2, 0.25) is 5.91 Å². The van der Waals surface area contributed by atoms with Crippen LogP contribution in [-0.4, -0.2) is 25.0 Å². The monoisotopic (exact) mass is 274 g/mol. The lowest BCUT2D eigenvalue weighted by Crippen LogP contribution is -2.38. The molecule has 0 aromatic heterocycles. The van der Waals surface area contributed by atoms with E-state index < -0.39 is 0 Å². The van der Waals surface area contributed by atoms with Gasteiger partial charge in [-0.3, -0.25) is 4.79 Å². The topological polar surface area (TPSA) is 41.1 Å². The first-order chi connectivity index (χ1) is 9.75. The number of amides is 1. The molecular weight excluding hydrogens is 248 g/mol. The van der Waals surface area contributed by atoms with Gasteiger partial charge in [0.15, 0.2) is 0 Å². The molecule has 0 heterocycles. The molecule has 1 saturated carbocycles. The van der Waals surface area contributed by atoms with Gasteiger partial charge in [-0.05, 0) is 30.7 Å². The highest BCUT2D eigenvalue weighted by molar-refractivity contribution is 5.77. The molecule has 110 valence electrons.